The molecule has 2 N–H and O–H groups in total. The van der Waals surface area contributed by atoms with Crippen molar-refractivity contribution in [3.8, 4) is 0 Å². The van der Waals surface area contributed by atoms with Crippen LogP contribution in [0.25, 0.3) is 0 Å². The Labute approximate surface area is 106 Å². The minimum atomic E-state index is -3.36. The van der Waals surface area contributed by atoms with Crippen molar-refractivity contribution in [1.82, 2.24) is 5.48 Å². The lowest BCUT2D eigenvalue weighted by Gasteiger charge is -2.09. The van der Waals surface area contributed by atoms with Gasteiger partial charge in [0.1, 0.15) is 0 Å². The molecule has 5 heteroatoms. The van der Waals surface area contributed by atoms with Crippen LogP contribution in [0.4, 0.5) is 0 Å². The molecule has 0 aromatic carbocycles. The Bertz CT molecular complexity index is 212. The number of rotatable bonds is 12. The van der Waals surface area contributed by atoms with E-state index < -0.39 is 7.60 Å². The quantitative estimate of drug-likeness (QED) is 0.319. The van der Waals surface area contributed by atoms with E-state index in [9.17, 15) is 4.57 Å². The van der Waals surface area contributed by atoms with Crippen molar-refractivity contribution in [2.75, 3.05) is 12.7 Å². The number of hydrogen-bond donors (Lipinski definition) is 2. The maximum Gasteiger partial charge on any atom is 0.344 e. The summed E-state index contributed by atoms with van der Waals surface area (Å²) in [6, 6.07) is 0. The van der Waals surface area contributed by atoms with Crippen molar-refractivity contribution >= 4 is 7.60 Å². The third-order valence-electron chi connectivity index (χ3n) is 2.74. The van der Waals surface area contributed by atoms with E-state index in [0.29, 0.717) is 6.54 Å². The van der Waals surface area contributed by atoms with Gasteiger partial charge < -0.3 is 4.89 Å². The predicted molar refractivity (Wildman–Crippen MR) is 72.1 cm³/mol. The van der Waals surface area contributed by atoms with Gasteiger partial charge in [0, 0.05) is 12.7 Å². The van der Waals surface area contributed by atoms with Crippen LogP contribution in [0.5, 0.6) is 0 Å². The fraction of sp³-hybridized carbons (Fsp3) is 1.00. The van der Waals surface area contributed by atoms with Crippen LogP contribution in [-0.2, 0) is 9.19 Å². The normalized spacial score (nSPS) is 14.8. The minimum Gasteiger partial charge on any atom is -0.323 e. The Morgan fingerprint density at radius 2 is 1.53 bits per heavy atom. The molecule has 0 rings (SSSR count). The van der Waals surface area contributed by atoms with Gasteiger partial charge in [-0.25, -0.2) is 4.62 Å². The van der Waals surface area contributed by atoms with Crippen molar-refractivity contribution in [2.45, 2.75) is 65.2 Å². The average Bonchev–Trinajstić information content (AvgIpc) is 2.31. The molecule has 0 bridgehead atoms. The van der Waals surface area contributed by atoms with E-state index in [4.69, 9.17) is 9.52 Å². The van der Waals surface area contributed by atoms with Crippen molar-refractivity contribution in [2.24, 2.45) is 0 Å². The van der Waals surface area contributed by atoms with E-state index in [-0.39, 0.29) is 6.16 Å². The van der Waals surface area contributed by atoms with Crippen LogP contribution < -0.4 is 5.48 Å². The molecule has 0 spiro atoms. The zero-order valence-corrected chi connectivity index (χ0v) is 12.2. The van der Waals surface area contributed by atoms with E-state index >= 15 is 0 Å². The number of unbranched alkanes of at least 4 members (excludes halogenated alkanes) is 7. The highest BCUT2D eigenvalue weighted by Crippen LogP contribution is 2.39. The summed E-state index contributed by atoms with van der Waals surface area (Å²) in [5.74, 6) is 0. The lowest BCUT2D eigenvalue weighted by molar-refractivity contribution is 0.165. The molecule has 0 heterocycles. The number of hydroxylamine groups is 1. The predicted octanol–water partition coefficient (Wildman–Crippen LogP) is 3.85. The standard InChI is InChI=1S/C12H28NO3P/c1-3-5-6-7-8-9-10-11-12-13-16-17(14,15)4-2/h13H,3-12H2,1-2H3,(H,14,15). The van der Waals surface area contributed by atoms with Crippen molar-refractivity contribution in [3.05, 3.63) is 0 Å². The molecular weight excluding hydrogens is 237 g/mol. The first kappa shape index (κ1) is 17.1. The Morgan fingerprint density at radius 3 is 2.06 bits per heavy atom. The van der Waals surface area contributed by atoms with E-state index in [2.05, 4.69) is 12.4 Å². The van der Waals surface area contributed by atoms with Gasteiger partial charge in [-0.15, -0.1) is 0 Å². The summed E-state index contributed by atoms with van der Waals surface area (Å²) in [5.41, 5.74) is 2.57. The Kier molecular flexibility index (Phi) is 11.3. The first-order chi connectivity index (χ1) is 8.12. The fourth-order valence-corrected chi connectivity index (χ4v) is 1.96. The smallest absolute Gasteiger partial charge is 0.323 e. The molecule has 17 heavy (non-hydrogen) atoms. The molecule has 104 valence electrons. The summed E-state index contributed by atoms with van der Waals surface area (Å²) >= 11 is 0. The highest BCUT2D eigenvalue weighted by molar-refractivity contribution is 7.52. The molecule has 0 aromatic rings. The fourth-order valence-electron chi connectivity index (χ4n) is 1.54. The van der Waals surface area contributed by atoms with Crippen molar-refractivity contribution in [1.29, 1.82) is 0 Å². The largest absolute Gasteiger partial charge is 0.344 e. The van der Waals surface area contributed by atoms with Crippen LogP contribution in [0.1, 0.15) is 65.2 Å². The average molecular weight is 265 g/mol. The third-order valence-corrected chi connectivity index (χ3v) is 3.95. The Hall–Kier alpha value is 0.110. The molecule has 1 unspecified atom stereocenters. The van der Waals surface area contributed by atoms with Crippen molar-refractivity contribution in [3.63, 3.8) is 0 Å². The Morgan fingerprint density at radius 1 is 1.00 bits per heavy atom. The molecule has 0 saturated carbocycles. The van der Waals surface area contributed by atoms with Crippen LogP contribution in [0.15, 0.2) is 0 Å². The molecule has 0 aliphatic rings. The van der Waals surface area contributed by atoms with E-state index in [1.54, 1.807) is 6.92 Å². The maximum atomic E-state index is 11.1. The number of nitrogens with one attached hydrogen (secondary N) is 1. The highest BCUT2D eigenvalue weighted by Gasteiger charge is 2.14. The second kappa shape index (κ2) is 11.2. The van der Waals surface area contributed by atoms with Gasteiger partial charge in [-0.1, -0.05) is 58.8 Å². The molecule has 0 radical (unpaired) electrons. The molecule has 0 aromatic heterocycles. The minimum absolute atomic E-state index is 0.150. The monoisotopic (exact) mass is 265 g/mol. The van der Waals surface area contributed by atoms with Crippen LogP contribution in [0, 0.1) is 0 Å². The topological polar surface area (TPSA) is 58.6 Å². The van der Waals surface area contributed by atoms with Gasteiger partial charge in [-0.3, -0.25) is 4.57 Å². The van der Waals surface area contributed by atoms with E-state index in [1.807, 2.05) is 0 Å². The zero-order valence-electron chi connectivity index (χ0n) is 11.3. The van der Waals surface area contributed by atoms with Gasteiger partial charge >= 0.3 is 7.60 Å². The third kappa shape index (κ3) is 12.4. The van der Waals surface area contributed by atoms with Gasteiger partial charge in [0.2, 0.25) is 0 Å². The van der Waals surface area contributed by atoms with Crippen LogP contribution in [-0.4, -0.2) is 17.6 Å². The van der Waals surface area contributed by atoms with Crippen LogP contribution in [0.3, 0.4) is 0 Å². The summed E-state index contributed by atoms with van der Waals surface area (Å²) in [5, 5.41) is 0. The summed E-state index contributed by atoms with van der Waals surface area (Å²) in [4.78, 5) is 9.12. The first-order valence-corrected chi connectivity index (χ1v) is 8.62. The number of hydrogen-bond acceptors (Lipinski definition) is 3. The lowest BCUT2D eigenvalue weighted by Crippen LogP contribution is -2.14. The van der Waals surface area contributed by atoms with Crippen LogP contribution in [0.2, 0.25) is 0 Å². The summed E-state index contributed by atoms with van der Waals surface area (Å²) in [6.45, 7) is 4.51. The molecule has 0 aliphatic carbocycles. The second-order valence-electron chi connectivity index (χ2n) is 4.41. The maximum absolute atomic E-state index is 11.1. The zero-order chi connectivity index (χ0) is 13.0. The van der Waals surface area contributed by atoms with Gasteiger partial charge in [0.15, 0.2) is 0 Å². The van der Waals surface area contributed by atoms with E-state index in [0.717, 1.165) is 12.8 Å². The summed E-state index contributed by atoms with van der Waals surface area (Å²) < 4.78 is 15.8. The lowest BCUT2D eigenvalue weighted by atomic mass is 10.1. The van der Waals surface area contributed by atoms with E-state index in [1.165, 1.54) is 38.5 Å². The molecule has 1 atom stereocenters. The van der Waals surface area contributed by atoms with Gasteiger partial charge in [0.25, 0.3) is 0 Å². The van der Waals surface area contributed by atoms with Gasteiger partial charge in [-0.05, 0) is 6.42 Å². The SMILES string of the molecule is CCCCCCCCCCNOP(=O)(O)CC. The molecule has 4 nitrogen and oxygen atoms in total. The molecule has 0 amide bonds. The van der Waals surface area contributed by atoms with Gasteiger partial charge in [0.05, 0.1) is 0 Å². The molecule has 0 saturated heterocycles. The van der Waals surface area contributed by atoms with Gasteiger partial charge in [-0.2, -0.15) is 5.48 Å². The second-order valence-corrected chi connectivity index (χ2v) is 6.50. The molecule has 0 aliphatic heterocycles. The summed E-state index contributed by atoms with van der Waals surface area (Å²) in [6.07, 6.45) is 10.2. The summed E-state index contributed by atoms with van der Waals surface area (Å²) in [7, 11) is -3.36. The molecule has 0 fully saturated rings. The molecular formula is C12H28NO3P. The van der Waals surface area contributed by atoms with Crippen molar-refractivity contribution < 1.29 is 14.1 Å². The Balaban J connectivity index is 3.11. The highest BCUT2D eigenvalue weighted by atomic mass is 31.2. The van der Waals surface area contributed by atoms with Crippen LogP contribution >= 0.6 is 7.60 Å². The first-order valence-electron chi connectivity index (χ1n) is 6.85.